The van der Waals surface area contributed by atoms with Crippen molar-refractivity contribution in [2.75, 3.05) is 13.1 Å². The van der Waals surface area contributed by atoms with Crippen LogP contribution in [0.5, 0.6) is 0 Å². The molecule has 0 N–H and O–H groups in total. The fourth-order valence-electron chi connectivity index (χ4n) is 4.31. The third-order valence-electron chi connectivity index (χ3n) is 6.31. The molecule has 0 aliphatic carbocycles. The Morgan fingerprint density at radius 1 is 0.636 bits per heavy atom. The Kier molecular flexibility index (Phi) is 15.0. The van der Waals surface area contributed by atoms with E-state index in [1.165, 1.54) is 97.1 Å². The van der Waals surface area contributed by atoms with Crippen LogP contribution in [0.4, 0.5) is 11.4 Å². The van der Waals surface area contributed by atoms with Gasteiger partial charge in [0.2, 0.25) is 0 Å². The maximum absolute atomic E-state index is 6.59. The molecule has 186 valence electrons. The number of nitrogens with zero attached hydrogens (tertiary/aromatic N) is 2. The van der Waals surface area contributed by atoms with E-state index in [1.54, 1.807) is 0 Å². The molecule has 0 bridgehead atoms. The number of rotatable bonds is 14. The summed E-state index contributed by atoms with van der Waals surface area (Å²) >= 11 is -2.63. The number of hydrogen-bond acceptors (Lipinski definition) is 0. The minimum absolute atomic E-state index is 0.780. The molecule has 0 radical (unpaired) electrons. The van der Waals surface area contributed by atoms with Gasteiger partial charge in [-0.15, -0.1) is 36.6 Å². The molecule has 2 aliphatic rings. The van der Waals surface area contributed by atoms with Crippen LogP contribution in [-0.2, 0) is 0 Å². The topological polar surface area (TPSA) is 28.2 Å². The van der Waals surface area contributed by atoms with Crippen molar-refractivity contribution in [3.8, 4) is 0 Å². The Balaban J connectivity index is 0.000000241. The van der Waals surface area contributed by atoms with Crippen LogP contribution in [0.15, 0.2) is 24.3 Å². The predicted octanol–water partition coefficient (Wildman–Crippen LogP) is 11.4. The first kappa shape index (κ1) is 28.9. The van der Waals surface area contributed by atoms with Crippen LogP contribution in [0.1, 0.15) is 102 Å². The molecular weight excluding hydrogens is 554 g/mol. The molecule has 0 fully saturated rings. The Hall–Kier alpha value is -0.321. The van der Waals surface area contributed by atoms with Crippen molar-refractivity contribution in [1.29, 1.82) is 0 Å². The summed E-state index contributed by atoms with van der Waals surface area (Å²) in [6.45, 7) is 6.09. The van der Waals surface area contributed by atoms with E-state index in [4.69, 9.17) is 17.8 Å². The van der Waals surface area contributed by atoms with E-state index >= 15 is 0 Å². The second-order valence-corrected chi connectivity index (χ2v) is 28.1. The SMILES string of the molecule is C1=Cc2ccc3c(c2[N-]C1)[N-]CC=C3.CCCCCCC[CH2][Sn]([Cl])([Cl])[CH2]CCCCCCC. The molecule has 2 nitrogen and oxygen atoms in total. The van der Waals surface area contributed by atoms with Crippen molar-refractivity contribution in [2.45, 2.75) is 99.8 Å². The molecular formula is C28H44Cl2N2Sn-2. The van der Waals surface area contributed by atoms with Crippen molar-refractivity contribution < 1.29 is 0 Å². The van der Waals surface area contributed by atoms with Gasteiger partial charge in [-0.1, -0.05) is 24.3 Å². The second kappa shape index (κ2) is 17.2. The Bertz CT molecular complexity index is 672. The standard InChI is InChI=1S/C12H10N2.2C8H17.2ClH.Sn/c1-3-9-5-6-10-4-2-8-14-12(10)11(9)13-7-1;2*1-3-5-7-8-6-4-2;;;/h1-6H,7-8H2;2*1,3-8H2,2H3;2*1H;/q-2;;;;;+2/p-2. The molecule has 1 aromatic rings. The number of unbranched alkanes of at least 4 members (excludes halogenated alkanes) is 10. The summed E-state index contributed by atoms with van der Waals surface area (Å²) < 4.78 is 2.36. The Labute approximate surface area is 215 Å². The van der Waals surface area contributed by atoms with Gasteiger partial charge in [0.25, 0.3) is 0 Å². The Morgan fingerprint density at radius 2 is 1.03 bits per heavy atom. The number of halogens is 2. The van der Waals surface area contributed by atoms with E-state index in [1.807, 2.05) is 0 Å². The summed E-state index contributed by atoms with van der Waals surface area (Å²) in [5.74, 6) is 0. The summed E-state index contributed by atoms with van der Waals surface area (Å²) in [7, 11) is 13.2. The van der Waals surface area contributed by atoms with Crippen molar-refractivity contribution in [3.63, 3.8) is 0 Å². The molecule has 0 unspecified atom stereocenters. The molecule has 3 rings (SSSR count). The van der Waals surface area contributed by atoms with Gasteiger partial charge < -0.3 is 10.6 Å². The van der Waals surface area contributed by atoms with Crippen LogP contribution >= 0.6 is 17.8 Å². The van der Waals surface area contributed by atoms with Crippen LogP contribution in [0, 0.1) is 0 Å². The van der Waals surface area contributed by atoms with Crippen LogP contribution in [0.2, 0.25) is 8.87 Å². The molecule has 2 aliphatic heterocycles. The van der Waals surface area contributed by atoms with Gasteiger partial charge in [-0.25, -0.2) is 0 Å². The first-order chi connectivity index (χ1) is 16.1. The third-order valence-corrected chi connectivity index (χ3v) is 17.6. The first-order valence-electron chi connectivity index (χ1n) is 13.3. The van der Waals surface area contributed by atoms with E-state index in [0.29, 0.717) is 0 Å². The van der Waals surface area contributed by atoms with Gasteiger partial charge in [0.05, 0.1) is 0 Å². The fraction of sp³-hybridized carbons (Fsp3) is 0.643. The average Bonchev–Trinajstić information content (AvgIpc) is 2.84. The predicted molar refractivity (Wildman–Crippen MR) is 154 cm³/mol. The van der Waals surface area contributed by atoms with E-state index in [-0.39, 0.29) is 0 Å². The molecule has 33 heavy (non-hydrogen) atoms. The monoisotopic (exact) mass is 598 g/mol. The van der Waals surface area contributed by atoms with Crippen molar-refractivity contribution >= 4 is 57.5 Å². The molecule has 0 amide bonds. The molecule has 0 saturated heterocycles. The summed E-state index contributed by atoms with van der Waals surface area (Å²) in [6.07, 6.45) is 24.6. The summed E-state index contributed by atoms with van der Waals surface area (Å²) in [4.78, 5) is 0. The zero-order chi connectivity index (χ0) is 23.8. The van der Waals surface area contributed by atoms with E-state index in [2.05, 4.69) is 60.9 Å². The summed E-state index contributed by atoms with van der Waals surface area (Å²) in [5, 5.41) is 8.98. The van der Waals surface area contributed by atoms with Gasteiger partial charge in [-0.3, -0.25) is 0 Å². The fourth-order valence-corrected chi connectivity index (χ4v) is 13.0. The van der Waals surface area contributed by atoms with Crippen molar-refractivity contribution in [1.82, 2.24) is 0 Å². The van der Waals surface area contributed by atoms with Gasteiger partial charge in [-0.05, 0) is 11.1 Å². The van der Waals surface area contributed by atoms with Crippen molar-refractivity contribution in [3.05, 3.63) is 46.0 Å². The molecule has 5 heteroatoms. The van der Waals surface area contributed by atoms with Crippen molar-refractivity contribution in [2.24, 2.45) is 0 Å². The van der Waals surface area contributed by atoms with E-state index < -0.39 is 16.1 Å². The first-order valence-corrected chi connectivity index (χ1v) is 24.6. The van der Waals surface area contributed by atoms with E-state index in [9.17, 15) is 0 Å². The van der Waals surface area contributed by atoms with Crippen LogP contribution in [0.25, 0.3) is 22.8 Å². The van der Waals surface area contributed by atoms with Crippen LogP contribution in [0.3, 0.4) is 0 Å². The van der Waals surface area contributed by atoms with Crippen LogP contribution < -0.4 is 0 Å². The summed E-state index contributed by atoms with van der Waals surface area (Å²) in [5.41, 5.74) is 4.51. The van der Waals surface area contributed by atoms with Gasteiger partial charge in [0.1, 0.15) is 0 Å². The number of fused-ring (bicyclic) bond motifs is 3. The quantitative estimate of drug-likeness (QED) is 0.151. The zero-order valence-electron chi connectivity index (χ0n) is 20.9. The summed E-state index contributed by atoms with van der Waals surface area (Å²) in [6, 6.07) is 4.22. The van der Waals surface area contributed by atoms with Crippen LogP contribution in [-0.4, -0.2) is 29.2 Å². The number of hydrogen-bond donors (Lipinski definition) is 0. The van der Waals surface area contributed by atoms with Gasteiger partial charge >= 0.3 is 134 Å². The van der Waals surface area contributed by atoms with E-state index in [0.717, 1.165) is 24.5 Å². The third kappa shape index (κ3) is 11.8. The van der Waals surface area contributed by atoms with Gasteiger partial charge in [-0.2, -0.15) is 0 Å². The van der Waals surface area contributed by atoms with Gasteiger partial charge in [0.15, 0.2) is 0 Å². The molecule has 0 saturated carbocycles. The second-order valence-electron chi connectivity index (χ2n) is 9.32. The Morgan fingerprint density at radius 3 is 1.45 bits per heavy atom. The minimum atomic E-state index is -2.63. The van der Waals surface area contributed by atoms with Gasteiger partial charge in [0, 0.05) is 0 Å². The molecule has 1 aromatic carbocycles. The maximum atomic E-state index is 6.59. The number of benzene rings is 1. The molecule has 0 atom stereocenters. The zero-order valence-corrected chi connectivity index (χ0v) is 25.3. The molecule has 0 spiro atoms. The molecule has 0 aromatic heterocycles. The average molecular weight is 598 g/mol. The molecule has 2 heterocycles. The normalized spacial score (nSPS) is 13.9.